The van der Waals surface area contributed by atoms with Crippen molar-refractivity contribution in [3.63, 3.8) is 0 Å². The van der Waals surface area contributed by atoms with Crippen molar-refractivity contribution < 1.29 is 4.39 Å². The lowest BCUT2D eigenvalue weighted by molar-refractivity contribution is 0.287. The minimum atomic E-state index is -0.179. The van der Waals surface area contributed by atoms with Gasteiger partial charge in [-0.3, -0.25) is 4.90 Å². The molecule has 0 aromatic heterocycles. The summed E-state index contributed by atoms with van der Waals surface area (Å²) in [6.07, 6.45) is 1.25. The van der Waals surface area contributed by atoms with Crippen LogP contribution in [0, 0.1) is 5.82 Å². The summed E-state index contributed by atoms with van der Waals surface area (Å²) >= 11 is 5.44. The Bertz CT molecular complexity index is 351. The van der Waals surface area contributed by atoms with Gasteiger partial charge in [0.25, 0.3) is 0 Å². The van der Waals surface area contributed by atoms with Gasteiger partial charge in [0.1, 0.15) is 5.82 Å². The summed E-state index contributed by atoms with van der Waals surface area (Å²) < 4.78 is 13.8. The number of halogens is 2. The minimum Gasteiger partial charge on any atom is -0.298 e. The maximum atomic E-state index is 12.9. The average Bonchev–Trinajstić information content (AvgIpc) is 2.51. The second kappa shape index (κ2) is 6.03. The lowest BCUT2D eigenvalue weighted by atomic mass is 10.2. The second-order valence-corrected chi connectivity index (χ2v) is 6.06. The minimum absolute atomic E-state index is 0.179. The van der Waals surface area contributed by atoms with Gasteiger partial charge in [0.05, 0.1) is 0 Å². The Kier molecular flexibility index (Phi) is 4.67. The largest absolute Gasteiger partial charge is 0.298 e. The molecule has 1 aliphatic heterocycles. The molecule has 0 spiro atoms. The van der Waals surface area contributed by atoms with Crippen molar-refractivity contribution in [2.45, 2.75) is 13.0 Å². The van der Waals surface area contributed by atoms with E-state index in [0.29, 0.717) is 0 Å². The molecule has 0 aliphatic carbocycles. The Morgan fingerprint density at radius 2 is 2.19 bits per heavy atom. The van der Waals surface area contributed by atoms with E-state index in [1.807, 2.05) is 17.8 Å². The van der Waals surface area contributed by atoms with E-state index in [-0.39, 0.29) is 5.82 Å². The molecule has 1 heterocycles. The van der Waals surface area contributed by atoms with Crippen LogP contribution in [0.3, 0.4) is 0 Å². The molecular weight excluding hydrogens is 289 g/mol. The van der Waals surface area contributed by atoms with Crippen molar-refractivity contribution in [2.75, 3.05) is 24.6 Å². The molecule has 1 nitrogen and oxygen atoms in total. The Morgan fingerprint density at radius 1 is 1.31 bits per heavy atom. The van der Waals surface area contributed by atoms with Gasteiger partial charge in [-0.15, -0.1) is 0 Å². The van der Waals surface area contributed by atoms with Crippen LogP contribution < -0.4 is 0 Å². The fourth-order valence-corrected chi connectivity index (χ4v) is 3.25. The monoisotopic (exact) mass is 303 g/mol. The summed E-state index contributed by atoms with van der Waals surface area (Å²) in [4.78, 5) is 2.44. The van der Waals surface area contributed by atoms with E-state index < -0.39 is 0 Å². The average molecular weight is 304 g/mol. The van der Waals surface area contributed by atoms with Gasteiger partial charge in [-0.05, 0) is 36.4 Å². The highest BCUT2D eigenvalue weighted by Crippen LogP contribution is 2.21. The number of hydrogen-bond donors (Lipinski definition) is 0. The van der Waals surface area contributed by atoms with Crippen molar-refractivity contribution in [3.05, 3.63) is 34.1 Å². The zero-order valence-electron chi connectivity index (χ0n) is 9.09. The van der Waals surface area contributed by atoms with E-state index >= 15 is 0 Å². The summed E-state index contributed by atoms with van der Waals surface area (Å²) in [5.41, 5.74) is 1.17. The Balaban J connectivity index is 2.01. The Morgan fingerprint density at radius 3 is 3.00 bits per heavy atom. The first-order valence-electron chi connectivity index (χ1n) is 5.50. The van der Waals surface area contributed by atoms with Crippen molar-refractivity contribution in [1.29, 1.82) is 0 Å². The third-order valence-electron chi connectivity index (χ3n) is 2.72. The summed E-state index contributed by atoms with van der Waals surface area (Å²) in [5, 5.41) is 0. The van der Waals surface area contributed by atoms with Gasteiger partial charge in [0.2, 0.25) is 0 Å². The molecule has 0 N–H and O–H groups in total. The zero-order valence-corrected chi connectivity index (χ0v) is 11.5. The van der Waals surface area contributed by atoms with Gasteiger partial charge in [-0.25, -0.2) is 4.39 Å². The van der Waals surface area contributed by atoms with E-state index in [4.69, 9.17) is 0 Å². The summed E-state index contributed by atoms with van der Waals surface area (Å²) in [5.74, 6) is 2.29. The van der Waals surface area contributed by atoms with E-state index in [2.05, 4.69) is 20.8 Å². The molecule has 0 unspecified atom stereocenters. The maximum absolute atomic E-state index is 12.9. The molecule has 16 heavy (non-hydrogen) atoms. The van der Waals surface area contributed by atoms with Crippen molar-refractivity contribution in [1.82, 2.24) is 4.90 Å². The van der Waals surface area contributed by atoms with E-state index in [1.54, 1.807) is 6.07 Å². The molecule has 0 saturated carbocycles. The molecule has 0 atom stereocenters. The van der Waals surface area contributed by atoms with Crippen LogP contribution in [0.5, 0.6) is 0 Å². The van der Waals surface area contributed by atoms with Crippen LogP contribution in [0.15, 0.2) is 22.7 Å². The fourth-order valence-electron chi connectivity index (χ4n) is 1.85. The Hall–Kier alpha value is -0.0600. The van der Waals surface area contributed by atoms with Gasteiger partial charge in [-0.2, -0.15) is 11.8 Å². The molecule has 1 aromatic rings. The number of thioether (sulfide) groups is 1. The van der Waals surface area contributed by atoms with Crippen molar-refractivity contribution >= 4 is 27.7 Å². The zero-order chi connectivity index (χ0) is 11.4. The SMILES string of the molecule is Fc1ccc(CN2CCCSCC2)c(Br)c1. The third kappa shape index (κ3) is 3.47. The lowest BCUT2D eigenvalue weighted by Crippen LogP contribution is -2.25. The predicted molar refractivity (Wildman–Crippen MR) is 71.3 cm³/mol. The molecule has 0 bridgehead atoms. The summed E-state index contributed by atoms with van der Waals surface area (Å²) in [7, 11) is 0. The van der Waals surface area contributed by atoms with Crippen LogP contribution in [-0.2, 0) is 6.54 Å². The van der Waals surface area contributed by atoms with Crippen molar-refractivity contribution in [3.8, 4) is 0 Å². The van der Waals surface area contributed by atoms with Gasteiger partial charge in [-0.1, -0.05) is 22.0 Å². The smallest absolute Gasteiger partial charge is 0.124 e. The molecule has 1 fully saturated rings. The molecule has 1 aromatic carbocycles. The molecule has 2 rings (SSSR count). The van der Waals surface area contributed by atoms with Crippen LogP contribution in [0.4, 0.5) is 4.39 Å². The van der Waals surface area contributed by atoms with Gasteiger partial charge < -0.3 is 0 Å². The third-order valence-corrected chi connectivity index (χ3v) is 4.51. The molecule has 0 amide bonds. The van der Waals surface area contributed by atoms with Crippen molar-refractivity contribution in [2.24, 2.45) is 0 Å². The molecular formula is C12H15BrFNS. The standard InChI is InChI=1S/C12H15BrFNS/c13-12-8-11(14)3-2-10(12)9-15-4-1-6-16-7-5-15/h2-3,8H,1,4-7,9H2. The summed E-state index contributed by atoms with van der Waals surface area (Å²) in [6, 6.07) is 4.95. The second-order valence-electron chi connectivity index (χ2n) is 3.98. The topological polar surface area (TPSA) is 3.24 Å². The number of hydrogen-bond acceptors (Lipinski definition) is 2. The molecule has 0 radical (unpaired) electrons. The number of nitrogens with zero attached hydrogens (tertiary/aromatic N) is 1. The lowest BCUT2D eigenvalue weighted by Gasteiger charge is -2.20. The van der Waals surface area contributed by atoms with Crippen LogP contribution in [-0.4, -0.2) is 29.5 Å². The number of benzene rings is 1. The molecule has 4 heteroatoms. The highest BCUT2D eigenvalue weighted by molar-refractivity contribution is 9.10. The van der Waals surface area contributed by atoms with Gasteiger partial charge in [0.15, 0.2) is 0 Å². The Labute approximate surface area is 109 Å². The van der Waals surface area contributed by atoms with E-state index in [0.717, 1.165) is 24.1 Å². The van der Waals surface area contributed by atoms with Crippen LogP contribution in [0.1, 0.15) is 12.0 Å². The van der Waals surface area contributed by atoms with Crippen LogP contribution in [0.25, 0.3) is 0 Å². The molecule has 88 valence electrons. The van der Waals surface area contributed by atoms with E-state index in [9.17, 15) is 4.39 Å². The molecule has 1 aliphatic rings. The summed E-state index contributed by atoms with van der Waals surface area (Å²) in [6.45, 7) is 3.20. The first-order valence-corrected chi connectivity index (χ1v) is 7.44. The highest BCUT2D eigenvalue weighted by atomic mass is 79.9. The normalized spacial score (nSPS) is 18.4. The maximum Gasteiger partial charge on any atom is 0.124 e. The first-order chi connectivity index (χ1) is 7.75. The number of rotatable bonds is 2. The van der Waals surface area contributed by atoms with Crippen LogP contribution >= 0.6 is 27.7 Å². The molecule has 1 saturated heterocycles. The van der Waals surface area contributed by atoms with Gasteiger partial charge in [0, 0.05) is 23.3 Å². The highest BCUT2D eigenvalue weighted by Gasteiger charge is 2.11. The fraction of sp³-hybridized carbons (Fsp3) is 0.500. The van der Waals surface area contributed by atoms with Gasteiger partial charge >= 0.3 is 0 Å². The van der Waals surface area contributed by atoms with Crippen LogP contribution in [0.2, 0.25) is 0 Å². The predicted octanol–water partition coefficient (Wildman–Crippen LogP) is 3.53. The quantitative estimate of drug-likeness (QED) is 0.822. The first kappa shape index (κ1) is 12.4. The van der Waals surface area contributed by atoms with E-state index in [1.165, 1.54) is 29.6 Å².